The van der Waals surface area contributed by atoms with Crippen molar-refractivity contribution in [2.75, 3.05) is 18.6 Å². The third-order valence-electron chi connectivity index (χ3n) is 2.68. The largest absolute Gasteiger partial charge is 0.313 e. The molecule has 1 aromatic carbocycles. The lowest BCUT2D eigenvalue weighted by molar-refractivity contribution is 0.610. The van der Waals surface area contributed by atoms with Crippen LogP contribution >= 0.6 is 11.8 Å². The summed E-state index contributed by atoms with van der Waals surface area (Å²) in [6, 6.07) is 6.54. The highest BCUT2D eigenvalue weighted by Gasteiger charge is 2.02. The Morgan fingerprint density at radius 1 is 1.33 bits per heavy atom. The summed E-state index contributed by atoms with van der Waals surface area (Å²) in [5, 5.41) is 12.0. The Hall–Kier alpha value is -1.05. The predicted octanol–water partition coefficient (Wildman–Crippen LogP) is 3.32. The fourth-order valence-corrected chi connectivity index (χ4v) is 2.17. The third kappa shape index (κ3) is 5.52. The summed E-state index contributed by atoms with van der Waals surface area (Å²) in [5.41, 5.74) is 1.08. The topological polar surface area (TPSA) is 35.8 Å². The quantitative estimate of drug-likeness (QED) is 0.733. The average Bonchev–Trinajstić information content (AvgIpc) is 2.39. The molecule has 0 aliphatic carbocycles. The van der Waals surface area contributed by atoms with Crippen molar-refractivity contribution in [2.45, 2.75) is 25.8 Å². The molecule has 0 spiro atoms. The Kier molecular flexibility index (Phi) is 7.47. The summed E-state index contributed by atoms with van der Waals surface area (Å²) < 4.78 is 13.1. The van der Waals surface area contributed by atoms with Crippen molar-refractivity contribution in [2.24, 2.45) is 0 Å². The highest BCUT2D eigenvalue weighted by molar-refractivity contribution is 7.98. The van der Waals surface area contributed by atoms with E-state index in [0.29, 0.717) is 6.54 Å². The van der Waals surface area contributed by atoms with Gasteiger partial charge in [0.2, 0.25) is 0 Å². The van der Waals surface area contributed by atoms with Gasteiger partial charge in [-0.25, -0.2) is 4.39 Å². The number of hydrogen-bond acceptors (Lipinski definition) is 3. The van der Waals surface area contributed by atoms with Crippen LogP contribution < -0.4 is 5.32 Å². The minimum Gasteiger partial charge on any atom is -0.313 e. The number of nitriles is 1. The third-order valence-corrected chi connectivity index (χ3v) is 3.38. The first-order chi connectivity index (χ1) is 8.77. The van der Waals surface area contributed by atoms with Crippen molar-refractivity contribution in [3.05, 3.63) is 35.1 Å². The summed E-state index contributed by atoms with van der Waals surface area (Å²) in [4.78, 5) is 0. The van der Waals surface area contributed by atoms with Crippen LogP contribution in [0.15, 0.2) is 18.2 Å². The maximum Gasteiger partial charge on any atom is 0.140 e. The van der Waals surface area contributed by atoms with Gasteiger partial charge in [-0.2, -0.15) is 17.0 Å². The van der Waals surface area contributed by atoms with E-state index >= 15 is 0 Å². The van der Waals surface area contributed by atoms with E-state index in [2.05, 4.69) is 11.6 Å². The first-order valence-electron chi connectivity index (χ1n) is 6.16. The van der Waals surface area contributed by atoms with Gasteiger partial charge in [-0.05, 0) is 49.1 Å². The van der Waals surface area contributed by atoms with Gasteiger partial charge in [0.1, 0.15) is 11.9 Å². The van der Waals surface area contributed by atoms with Crippen molar-refractivity contribution in [1.29, 1.82) is 5.26 Å². The van der Waals surface area contributed by atoms with Crippen LogP contribution in [0.25, 0.3) is 0 Å². The van der Waals surface area contributed by atoms with E-state index in [1.807, 2.05) is 17.8 Å². The highest BCUT2D eigenvalue weighted by Crippen LogP contribution is 2.09. The summed E-state index contributed by atoms with van der Waals surface area (Å²) in [6.45, 7) is 1.66. The van der Waals surface area contributed by atoms with Gasteiger partial charge in [0.15, 0.2) is 0 Å². The molecule has 1 aromatic rings. The number of halogens is 1. The van der Waals surface area contributed by atoms with Gasteiger partial charge in [-0.15, -0.1) is 0 Å². The molecule has 1 N–H and O–H groups in total. The molecule has 0 bridgehead atoms. The Labute approximate surface area is 113 Å². The number of nitrogens with zero attached hydrogens (tertiary/aromatic N) is 1. The molecule has 0 aromatic heterocycles. The number of hydrogen-bond donors (Lipinski definition) is 1. The van der Waals surface area contributed by atoms with E-state index in [1.165, 1.54) is 24.7 Å². The number of nitrogens with one attached hydrogen (secondary N) is 1. The van der Waals surface area contributed by atoms with Crippen molar-refractivity contribution in [1.82, 2.24) is 5.32 Å². The van der Waals surface area contributed by atoms with Crippen LogP contribution in [0.1, 0.15) is 30.4 Å². The van der Waals surface area contributed by atoms with Crippen LogP contribution in [0.4, 0.5) is 4.39 Å². The van der Waals surface area contributed by atoms with Crippen LogP contribution in [0.3, 0.4) is 0 Å². The van der Waals surface area contributed by atoms with Crippen molar-refractivity contribution >= 4 is 11.8 Å². The standard InChI is InChI=1S/C14H19FN2S/c1-18-8-4-2-3-7-17-11-12-5-6-14(15)13(9-12)10-16/h5-6,9,17H,2-4,7-8,11H2,1H3. The van der Waals surface area contributed by atoms with Crippen LogP contribution in [-0.4, -0.2) is 18.6 Å². The van der Waals surface area contributed by atoms with Crippen molar-refractivity contribution in [3.8, 4) is 6.07 Å². The molecule has 0 aliphatic heterocycles. The van der Waals surface area contributed by atoms with E-state index in [4.69, 9.17) is 5.26 Å². The first kappa shape index (κ1) is 15.0. The summed E-state index contributed by atoms with van der Waals surface area (Å²) in [5.74, 6) is 0.780. The molecule has 0 amide bonds. The van der Waals surface area contributed by atoms with Gasteiger partial charge in [0.05, 0.1) is 5.56 Å². The van der Waals surface area contributed by atoms with E-state index in [0.717, 1.165) is 18.5 Å². The van der Waals surface area contributed by atoms with Gasteiger partial charge in [-0.1, -0.05) is 12.5 Å². The molecule has 98 valence electrons. The van der Waals surface area contributed by atoms with Crippen LogP contribution in [0, 0.1) is 17.1 Å². The first-order valence-corrected chi connectivity index (χ1v) is 7.55. The minimum atomic E-state index is -0.446. The Balaban J connectivity index is 2.22. The van der Waals surface area contributed by atoms with E-state index in [9.17, 15) is 4.39 Å². The zero-order chi connectivity index (χ0) is 13.2. The van der Waals surface area contributed by atoms with Crippen LogP contribution in [-0.2, 0) is 6.54 Å². The SMILES string of the molecule is CSCCCCCNCc1ccc(F)c(C#N)c1. The van der Waals surface area contributed by atoms with E-state index in [-0.39, 0.29) is 5.56 Å². The summed E-state index contributed by atoms with van der Waals surface area (Å²) in [7, 11) is 0. The molecule has 18 heavy (non-hydrogen) atoms. The van der Waals surface area contributed by atoms with E-state index < -0.39 is 5.82 Å². The molecule has 1 rings (SSSR count). The summed E-state index contributed by atoms with van der Waals surface area (Å²) in [6.07, 6.45) is 5.78. The molecule has 0 radical (unpaired) electrons. The Morgan fingerprint density at radius 3 is 2.89 bits per heavy atom. The lowest BCUT2D eigenvalue weighted by Gasteiger charge is -2.05. The zero-order valence-electron chi connectivity index (χ0n) is 10.7. The maximum atomic E-state index is 13.1. The van der Waals surface area contributed by atoms with Gasteiger partial charge in [-0.3, -0.25) is 0 Å². The summed E-state index contributed by atoms with van der Waals surface area (Å²) >= 11 is 1.88. The lowest BCUT2D eigenvalue weighted by Crippen LogP contribution is -2.14. The Bertz CT molecular complexity index is 401. The molecule has 4 heteroatoms. The van der Waals surface area contributed by atoms with Gasteiger partial charge < -0.3 is 5.32 Å². The number of unbranched alkanes of at least 4 members (excludes halogenated alkanes) is 2. The van der Waals surface area contributed by atoms with Crippen molar-refractivity contribution in [3.63, 3.8) is 0 Å². The van der Waals surface area contributed by atoms with Crippen molar-refractivity contribution < 1.29 is 4.39 Å². The second kappa shape index (κ2) is 8.96. The second-order valence-corrected chi connectivity index (χ2v) is 5.14. The number of thioether (sulfide) groups is 1. The molecule has 0 fully saturated rings. The fourth-order valence-electron chi connectivity index (χ4n) is 1.67. The maximum absolute atomic E-state index is 13.1. The molecule has 2 nitrogen and oxygen atoms in total. The van der Waals surface area contributed by atoms with Crippen LogP contribution in [0.2, 0.25) is 0 Å². The fraction of sp³-hybridized carbons (Fsp3) is 0.500. The molecule has 0 saturated heterocycles. The van der Waals surface area contributed by atoms with E-state index in [1.54, 1.807) is 12.1 Å². The molecule has 0 saturated carbocycles. The van der Waals surface area contributed by atoms with Gasteiger partial charge in [0.25, 0.3) is 0 Å². The normalized spacial score (nSPS) is 10.3. The molecule has 0 aliphatic rings. The monoisotopic (exact) mass is 266 g/mol. The number of benzene rings is 1. The Morgan fingerprint density at radius 2 is 2.17 bits per heavy atom. The molecule has 0 heterocycles. The average molecular weight is 266 g/mol. The van der Waals surface area contributed by atoms with Crippen LogP contribution in [0.5, 0.6) is 0 Å². The van der Waals surface area contributed by atoms with Gasteiger partial charge >= 0.3 is 0 Å². The molecular formula is C14H19FN2S. The smallest absolute Gasteiger partial charge is 0.140 e. The lowest BCUT2D eigenvalue weighted by atomic mass is 10.1. The molecular weight excluding hydrogens is 247 g/mol. The second-order valence-electron chi connectivity index (χ2n) is 4.16. The highest BCUT2D eigenvalue weighted by atomic mass is 32.2. The number of rotatable bonds is 8. The predicted molar refractivity (Wildman–Crippen MR) is 75.1 cm³/mol. The zero-order valence-corrected chi connectivity index (χ0v) is 11.5. The minimum absolute atomic E-state index is 0.120. The molecule has 0 unspecified atom stereocenters. The molecule has 0 atom stereocenters. The van der Waals surface area contributed by atoms with Gasteiger partial charge in [0, 0.05) is 6.54 Å².